The summed E-state index contributed by atoms with van der Waals surface area (Å²) in [6, 6.07) is 12.6. The van der Waals surface area contributed by atoms with Crippen molar-refractivity contribution >= 4 is 11.8 Å². The fraction of sp³-hybridized carbons (Fsp3) is 0.238. The van der Waals surface area contributed by atoms with Gasteiger partial charge in [0.1, 0.15) is 5.76 Å². The van der Waals surface area contributed by atoms with Crippen molar-refractivity contribution in [2.45, 2.75) is 27.3 Å². The average Bonchev–Trinajstić information content (AvgIpc) is 3.24. The van der Waals surface area contributed by atoms with Crippen LogP contribution in [0.3, 0.4) is 0 Å². The Morgan fingerprint density at radius 1 is 1.08 bits per heavy atom. The Balaban J connectivity index is 1.68. The van der Waals surface area contributed by atoms with Crippen LogP contribution in [-0.4, -0.2) is 22.9 Å². The molecule has 0 fully saturated rings. The molecule has 26 heavy (non-hydrogen) atoms. The van der Waals surface area contributed by atoms with E-state index in [4.69, 9.17) is 9.15 Å². The van der Waals surface area contributed by atoms with E-state index < -0.39 is 5.97 Å². The van der Waals surface area contributed by atoms with E-state index in [0.29, 0.717) is 17.7 Å². The average molecular weight is 351 g/mol. The smallest absolute Gasteiger partial charge is 0.338 e. The van der Waals surface area contributed by atoms with Gasteiger partial charge in [0.05, 0.1) is 18.4 Å². The maximum absolute atomic E-state index is 12.5. The van der Waals surface area contributed by atoms with Crippen LogP contribution in [0.2, 0.25) is 0 Å². The van der Waals surface area contributed by atoms with Crippen molar-refractivity contribution in [2.24, 2.45) is 0 Å². The molecule has 134 valence electrons. The summed E-state index contributed by atoms with van der Waals surface area (Å²) in [4.78, 5) is 24.6. The van der Waals surface area contributed by atoms with Gasteiger partial charge in [0.25, 0.3) is 0 Å². The summed E-state index contributed by atoms with van der Waals surface area (Å²) in [6.07, 6.45) is 1.63. The van der Waals surface area contributed by atoms with Gasteiger partial charge in [-0.15, -0.1) is 0 Å². The van der Waals surface area contributed by atoms with E-state index in [2.05, 4.69) is 0 Å². The monoisotopic (exact) mass is 351 g/mol. The summed E-state index contributed by atoms with van der Waals surface area (Å²) >= 11 is 0. The van der Waals surface area contributed by atoms with E-state index in [0.717, 1.165) is 22.7 Å². The Morgan fingerprint density at radius 2 is 1.81 bits per heavy atom. The molecule has 0 aliphatic carbocycles. The van der Waals surface area contributed by atoms with Crippen LogP contribution in [0.15, 0.2) is 53.1 Å². The molecule has 2 heterocycles. The molecule has 0 atom stereocenters. The second-order valence-corrected chi connectivity index (χ2v) is 6.32. The molecule has 0 saturated heterocycles. The van der Waals surface area contributed by atoms with Crippen LogP contribution in [0.25, 0.3) is 0 Å². The minimum atomic E-state index is -0.497. The van der Waals surface area contributed by atoms with Crippen molar-refractivity contribution in [1.82, 2.24) is 4.57 Å². The molecule has 3 aromatic rings. The van der Waals surface area contributed by atoms with Crippen LogP contribution in [-0.2, 0) is 11.3 Å². The minimum Gasteiger partial charge on any atom is -0.467 e. The van der Waals surface area contributed by atoms with Gasteiger partial charge in [0.2, 0.25) is 5.78 Å². The SMILES string of the molecule is Cc1ccc(C(=O)OCC(=O)c2cc(C)n(Cc3ccco3)c2C)cc1. The van der Waals surface area contributed by atoms with Crippen LogP contribution >= 0.6 is 0 Å². The number of carbonyl (C=O) groups excluding carboxylic acids is 2. The fourth-order valence-corrected chi connectivity index (χ4v) is 2.87. The lowest BCUT2D eigenvalue weighted by Gasteiger charge is -2.08. The number of Topliss-reactive ketones (excluding diaryl/α,β-unsaturated/α-hetero) is 1. The topological polar surface area (TPSA) is 61.4 Å². The minimum absolute atomic E-state index is 0.218. The first-order valence-electron chi connectivity index (χ1n) is 8.42. The van der Waals surface area contributed by atoms with Crippen molar-refractivity contribution in [3.63, 3.8) is 0 Å². The van der Waals surface area contributed by atoms with Crippen LogP contribution in [0.4, 0.5) is 0 Å². The summed E-state index contributed by atoms with van der Waals surface area (Å²) < 4.78 is 12.6. The van der Waals surface area contributed by atoms with Crippen LogP contribution < -0.4 is 0 Å². The predicted molar refractivity (Wildman–Crippen MR) is 97.5 cm³/mol. The van der Waals surface area contributed by atoms with Crippen molar-refractivity contribution in [1.29, 1.82) is 0 Å². The lowest BCUT2D eigenvalue weighted by molar-refractivity contribution is 0.0474. The summed E-state index contributed by atoms with van der Waals surface area (Å²) in [5, 5.41) is 0. The zero-order valence-electron chi connectivity index (χ0n) is 15.1. The van der Waals surface area contributed by atoms with Crippen LogP contribution in [0, 0.1) is 20.8 Å². The number of hydrogen-bond acceptors (Lipinski definition) is 4. The molecule has 0 unspecified atom stereocenters. The van der Waals surface area contributed by atoms with Gasteiger partial charge in [-0.05, 0) is 51.1 Å². The zero-order chi connectivity index (χ0) is 18.7. The van der Waals surface area contributed by atoms with E-state index in [1.165, 1.54) is 0 Å². The van der Waals surface area contributed by atoms with Gasteiger partial charge < -0.3 is 13.7 Å². The molecule has 0 saturated carbocycles. The molecule has 0 bridgehead atoms. The molecule has 0 N–H and O–H groups in total. The highest BCUT2D eigenvalue weighted by Crippen LogP contribution is 2.18. The third-order valence-corrected chi connectivity index (χ3v) is 4.39. The number of aromatic nitrogens is 1. The van der Waals surface area contributed by atoms with Crippen molar-refractivity contribution in [3.8, 4) is 0 Å². The number of aryl methyl sites for hydroxylation is 2. The predicted octanol–water partition coefficient (Wildman–Crippen LogP) is 4.09. The molecule has 2 aromatic heterocycles. The first-order valence-corrected chi connectivity index (χ1v) is 8.42. The molecule has 5 nitrogen and oxygen atoms in total. The summed E-state index contributed by atoms with van der Waals surface area (Å²) in [5.74, 6) is 0.101. The molecule has 5 heteroatoms. The number of ketones is 1. The third kappa shape index (κ3) is 3.77. The van der Waals surface area contributed by atoms with E-state index in [1.54, 1.807) is 18.4 Å². The second-order valence-electron chi connectivity index (χ2n) is 6.32. The zero-order valence-corrected chi connectivity index (χ0v) is 15.1. The fourth-order valence-electron chi connectivity index (χ4n) is 2.87. The van der Waals surface area contributed by atoms with Crippen LogP contribution in [0.1, 0.15) is 43.4 Å². The Hall–Kier alpha value is -3.08. The largest absolute Gasteiger partial charge is 0.467 e. The summed E-state index contributed by atoms with van der Waals surface area (Å²) in [5.41, 5.74) is 3.83. The third-order valence-electron chi connectivity index (χ3n) is 4.39. The first-order chi connectivity index (χ1) is 12.5. The number of hydrogen-bond donors (Lipinski definition) is 0. The van der Waals surface area contributed by atoms with Gasteiger partial charge in [-0.1, -0.05) is 17.7 Å². The quantitative estimate of drug-likeness (QED) is 0.496. The molecule has 0 radical (unpaired) electrons. The van der Waals surface area contributed by atoms with E-state index in [-0.39, 0.29) is 12.4 Å². The van der Waals surface area contributed by atoms with Crippen molar-refractivity contribution < 1.29 is 18.7 Å². The number of rotatable bonds is 6. The Kier molecular flexibility index (Phi) is 5.07. The molecule has 1 aromatic carbocycles. The highest BCUT2D eigenvalue weighted by Gasteiger charge is 2.18. The maximum atomic E-state index is 12.5. The van der Waals surface area contributed by atoms with Gasteiger partial charge in [0, 0.05) is 17.0 Å². The normalized spacial score (nSPS) is 10.7. The standard InChI is InChI=1S/C21H21NO4/c1-14-6-8-17(9-7-14)21(24)26-13-20(23)19-11-15(2)22(16(19)3)12-18-5-4-10-25-18/h4-11H,12-13H2,1-3H3. The number of ether oxygens (including phenoxy) is 1. The summed E-state index contributed by atoms with van der Waals surface area (Å²) in [7, 11) is 0. The molecule has 3 rings (SSSR count). The van der Waals surface area contributed by atoms with Crippen LogP contribution in [0.5, 0.6) is 0 Å². The van der Waals surface area contributed by atoms with Gasteiger partial charge in [-0.3, -0.25) is 4.79 Å². The van der Waals surface area contributed by atoms with Crippen molar-refractivity contribution in [3.05, 3.63) is 82.6 Å². The molecule has 0 aliphatic heterocycles. The Bertz CT molecular complexity index is 918. The second kappa shape index (κ2) is 7.44. The number of benzene rings is 1. The number of esters is 1. The first kappa shape index (κ1) is 17.7. The Morgan fingerprint density at radius 3 is 2.46 bits per heavy atom. The Labute approximate surface area is 152 Å². The van der Waals surface area contributed by atoms with Gasteiger partial charge >= 0.3 is 5.97 Å². The van der Waals surface area contributed by atoms with E-state index in [9.17, 15) is 9.59 Å². The lowest BCUT2D eigenvalue weighted by Crippen LogP contribution is -2.15. The van der Waals surface area contributed by atoms with Gasteiger partial charge in [-0.25, -0.2) is 4.79 Å². The van der Waals surface area contributed by atoms with Gasteiger partial charge in [0.15, 0.2) is 6.61 Å². The van der Waals surface area contributed by atoms with E-state index in [1.807, 2.05) is 55.7 Å². The number of carbonyl (C=O) groups is 2. The lowest BCUT2D eigenvalue weighted by atomic mass is 10.1. The highest BCUT2D eigenvalue weighted by molar-refractivity contribution is 6.00. The van der Waals surface area contributed by atoms with Crippen molar-refractivity contribution in [2.75, 3.05) is 6.61 Å². The molecule has 0 aliphatic rings. The van der Waals surface area contributed by atoms with E-state index >= 15 is 0 Å². The van der Waals surface area contributed by atoms with Gasteiger partial charge in [-0.2, -0.15) is 0 Å². The molecule has 0 spiro atoms. The summed E-state index contributed by atoms with van der Waals surface area (Å²) in [6.45, 7) is 6.03. The molecular weight excluding hydrogens is 330 g/mol. The molecule has 0 amide bonds. The maximum Gasteiger partial charge on any atom is 0.338 e. The number of nitrogens with zero attached hydrogens (tertiary/aromatic N) is 1. The number of furan rings is 1. The highest BCUT2D eigenvalue weighted by atomic mass is 16.5. The molecular formula is C21H21NO4.